The van der Waals surface area contributed by atoms with Crippen LogP contribution < -0.4 is 15.4 Å². The maximum Gasteiger partial charge on any atom is 0.251 e. The van der Waals surface area contributed by atoms with E-state index in [1.165, 1.54) is 30.9 Å². The van der Waals surface area contributed by atoms with Crippen molar-refractivity contribution in [2.75, 3.05) is 39.2 Å². The molecule has 1 aliphatic carbocycles. The van der Waals surface area contributed by atoms with Crippen LogP contribution in [-0.2, 0) is 11.3 Å². The summed E-state index contributed by atoms with van der Waals surface area (Å²) in [5.41, 5.74) is 2.54. The number of thioether (sulfide) groups is 1. The number of nitrogens with one attached hydrogen (secondary N) is 2. The predicted molar refractivity (Wildman–Crippen MR) is 168 cm³/mol. The Morgan fingerprint density at radius 3 is 2.29 bits per heavy atom. The number of carbonyl (C=O) groups is 2. The number of halogens is 1. The molecule has 42 heavy (non-hydrogen) atoms. The molecule has 3 aliphatic rings. The van der Waals surface area contributed by atoms with Gasteiger partial charge < -0.3 is 25.4 Å². The van der Waals surface area contributed by atoms with Gasteiger partial charge in [-0.15, -0.1) is 24.6 Å². The number of carbonyl (C=O) groups excluding carboxylic acids is 2. The van der Waals surface area contributed by atoms with Crippen LogP contribution in [0, 0.1) is 18.7 Å². The number of terminal acetylenes is 1. The fourth-order valence-electron chi connectivity index (χ4n) is 4.07. The molecule has 3 N–H and O–H groups in total. The molecule has 0 spiro atoms. The van der Waals surface area contributed by atoms with Crippen molar-refractivity contribution in [2.24, 2.45) is 0 Å². The number of fused-ring (bicyclic) bond motifs is 1. The first-order valence-corrected chi connectivity index (χ1v) is 14.6. The zero-order chi connectivity index (χ0) is 30.7. The Kier molecular flexibility index (Phi) is 15.6. The van der Waals surface area contributed by atoms with Gasteiger partial charge in [0.15, 0.2) is 11.6 Å². The van der Waals surface area contributed by atoms with E-state index in [2.05, 4.69) is 58.5 Å². The van der Waals surface area contributed by atoms with Gasteiger partial charge in [-0.1, -0.05) is 36.4 Å². The average Bonchev–Trinajstić information content (AvgIpc) is 3.53. The summed E-state index contributed by atoms with van der Waals surface area (Å²) in [6.45, 7) is 2.63. The number of anilines is 1. The number of nitrogens with zero attached hydrogens (tertiary/aromatic N) is 1. The number of likely N-dealkylation sites (tertiary alicyclic amines) is 1. The number of ether oxygens (including phenoxy) is 1. The molecule has 1 saturated carbocycles. The second-order valence-corrected chi connectivity index (χ2v) is 10.6. The van der Waals surface area contributed by atoms with Crippen LogP contribution in [0.1, 0.15) is 41.6 Å². The van der Waals surface area contributed by atoms with Crippen molar-refractivity contribution >= 4 is 29.3 Å². The largest absolute Gasteiger partial charge is 0.494 e. The normalized spacial score (nSPS) is 14.0. The fraction of sp³-hybridized carbons (Fsp3) is 0.333. The van der Waals surface area contributed by atoms with Gasteiger partial charge in [-0.3, -0.25) is 9.59 Å². The number of aliphatic hydroxyl groups excluding tert-OH is 1. The highest BCUT2D eigenvalue weighted by Crippen LogP contribution is 2.38. The maximum atomic E-state index is 12.5. The molecule has 0 unspecified atom stereocenters. The zero-order valence-corrected chi connectivity index (χ0v) is 25.0. The van der Waals surface area contributed by atoms with E-state index in [-0.39, 0.29) is 23.4 Å². The number of aliphatic hydroxyl groups is 1. The van der Waals surface area contributed by atoms with Crippen molar-refractivity contribution in [1.29, 1.82) is 0 Å². The highest BCUT2D eigenvalue weighted by molar-refractivity contribution is 8.00. The summed E-state index contributed by atoms with van der Waals surface area (Å²) in [5, 5.41) is 13.8. The monoisotopic (exact) mass is 593 g/mol. The summed E-state index contributed by atoms with van der Waals surface area (Å²) in [4.78, 5) is 26.8. The van der Waals surface area contributed by atoms with Gasteiger partial charge in [-0.05, 0) is 67.6 Å². The van der Waals surface area contributed by atoms with Crippen molar-refractivity contribution in [1.82, 2.24) is 10.2 Å². The summed E-state index contributed by atoms with van der Waals surface area (Å²) in [6.07, 6.45) is 13.0. The van der Waals surface area contributed by atoms with Gasteiger partial charge in [-0.2, -0.15) is 0 Å². The molecule has 2 aliphatic heterocycles. The predicted octanol–water partition coefficient (Wildman–Crippen LogP) is 5.60. The van der Waals surface area contributed by atoms with Crippen LogP contribution in [0.2, 0.25) is 0 Å². The molecule has 0 radical (unpaired) electrons. The molecular formula is C33H40FN3O4S. The van der Waals surface area contributed by atoms with E-state index in [0.29, 0.717) is 18.7 Å². The van der Waals surface area contributed by atoms with Crippen molar-refractivity contribution in [3.63, 3.8) is 0 Å². The molecule has 1 saturated heterocycles. The summed E-state index contributed by atoms with van der Waals surface area (Å²) in [5.74, 6) is 0.0597. The molecular weight excluding hydrogens is 553 g/mol. The van der Waals surface area contributed by atoms with Crippen LogP contribution in [-0.4, -0.2) is 60.9 Å². The van der Waals surface area contributed by atoms with Gasteiger partial charge in [0.25, 0.3) is 5.91 Å². The Morgan fingerprint density at radius 1 is 1.05 bits per heavy atom. The van der Waals surface area contributed by atoms with E-state index >= 15 is 0 Å². The second kappa shape index (κ2) is 19.2. The first-order valence-electron chi connectivity index (χ1n) is 13.7. The number of methoxy groups -OCH3 is 1. The lowest BCUT2D eigenvalue weighted by Gasteiger charge is -2.16. The second-order valence-electron chi connectivity index (χ2n) is 9.26. The standard InChI is InChI=1S/C14H17N3O2.C9H10S.C7H7FO.C2H2.CH4O/c18-13(17-5-1-2-6-17)9-15-11-4-3-10-8-16-14(19)12(10)7-11;1-2-4-8(5-3-1)10-9-6-7-9;1-9-7-5-3-2-4-6(7)8;2*1-2/h3-4,7,15H,1-2,5-6,8-9H2,(H,16,19);1-5,9H,6-7H2;2-5H,1H3;1-2H;2H,1H3. The summed E-state index contributed by atoms with van der Waals surface area (Å²) in [6, 6.07) is 22.6. The molecule has 224 valence electrons. The SMILES string of the molecule is C#C.CO.COc1ccccc1F.O=C1NCc2ccc(NCC(=O)N3CCCC3)cc21.c1ccc(SC2CC2)cc1. The molecule has 2 heterocycles. The molecule has 9 heteroatoms. The molecule has 6 rings (SSSR count). The molecule has 3 aromatic carbocycles. The molecule has 0 aromatic heterocycles. The van der Waals surface area contributed by atoms with Gasteiger partial charge >= 0.3 is 0 Å². The Balaban J connectivity index is 0.000000226. The lowest BCUT2D eigenvalue weighted by Crippen LogP contribution is -2.32. The molecule has 2 fully saturated rings. The van der Waals surface area contributed by atoms with Crippen LogP contribution in [0.15, 0.2) is 77.7 Å². The maximum absolute atomic E-state index is 12.5. The number of amides is 2. The highest BCUT2D eigenvalue weighted by Gasteiger charge is 2.22. The first-order chi connectivity index (χ1) is 20.5. The number of benzene rings is 3. The lowest BCUT2D eigenvalue weighted by molar-refractivity contribution is -0.128. The van der Waals surface area contributed by atoms with Gasteiger partial charge in [0.1, 0.15) is 0 Å². The summed E-state index contributed by atoms with van der Waals surface area (Å²) in [7, 11) is 2.44. The van der Waals surface area contributed by atoms with E-state index in [0.717, 1.165) is 49.5 Å². The molecule has 2 amide bonds. The van der Waals surface area contributed by atoms with Crippen molar-refractivity contribution in [3.05, 3.63) is 89.7 Å². The minimum atomic E-state index is -0.319. The molecule has 3 aromatic rings. The van der Waals surface area contributed by atoms with Gasteiger partial charge in [0, 0.05) is 48.1 Å². The first kappa shape index (κ1) is 34.2. The Bertz CT molecular complexity index is 1260. The Hall–Kier alpha value is -4.00. The number of rotatable bonds is 6. The van der Waals surface area contributed by atoms with Crippen LogP contribution in [0.3, 0.4) is 0 Å². The van der Waals surface area contributed by atoms with Crippen molar-refractivity contribution in [2.45, 2.75) is 42.4 Å². The minimum absolute atomic E-state index is 0.0375. The number of hydrogen-bond donors (Lipinski definition) is 3. The third kappa shape index (κ3) is 11.5. The molecule has 7 nitrogen and oxygen atoms in total. The highest BCUT2D eigenvalue weighted by atomic mass is 32.2. The van der Waals surface area contributed by atoms with Gasteiger partial charge in [0.05, 0.1) is 13.7 Å². The van der Waals surface area contributed by atoms with Crippen LogP contribution in [0.25, 0.3) is 0 Å². The van der Waals surface area contributed by atoms with Crippen LogP contribution in [0.4, 0.5) is 10.1 Å². The van der Waals surface area contributed by atoms with Crippen molar-refractivity contribution in [3.8, 4) is 18.6 Å². The Morgan fingerprint density at radius 2 is 1.69 bits per heavy atom. The van der Waals surface area contributed by atoms with Gasteiger partial charge in [0.2, 0.25) is 5.91 Å². The van der Waals surface area contributed by atoms with Crippen LogP contribution >= 0.6 is 11.8 Å². The zero-order valence-electron chi connectivity index (χ0n) is 24.2. The fourth-order valence-corrected chi connectivity index (χ4v) is 5.14. The topological polar surface area (TPSA) is 90.9 Å². The molecule has 0 atom stereocenters. The lowest BCUT2D eigenvalue weighted by atomic mass is 10.1. The van der Waals surface area contributed by atoms with Gasteiger partial charge in [-0.25, -0.2) is 4.39 Å². The Labute approximate surface area is 252 Å². The summed E-state index contributed by atoms with van der Waals surface area (Å²) >= 11 is 2.01. The number of hydrogen-bond acceptors (Lipinski definition) is 6. The van der Waals surface area contributed by atoms with E-state index in [4.69, 9.17) is 5.11 Å². The van der Waals surface area contributed by atoms with E-state index in [1.807, 2.05) is 34.9 Å². The third-order valence-electron chi connectivity index (χ3n) is 6.32. The van der Waals surface area contributed by atoms with E-state index in [1.54, 1.807) is 18.2 Å². The van der Waals surface area contributed by atoms with E-state index < -0.39 is 0 Å². The quantitative estimate of drug-likeness (QED) is 0.323. The minimum Gasteiger partial charge on any atom is -0.494 e. The van der Waals surface area contributed by atoms with Crippen LogP contribution in [0.5, 0.6) is 5.75 Å². The smallest absolute Gasteiger partial charge is 0.251 e. The molecule has 0 bridgehead atoms. The number of para-hydroxylation sites is 1. The van der Waals surface area contributed by atoms with Crippen molar-refractivity contribution < 1.29 is 23.8 Å². The summed E-state index contributed by atoms with van der Waals surface area (Å²) < 4.78 is 17.1. The average molecular weight is 594 g/mol. The third-order valence-corrected chi connectivity index (χ3v) is 7.67. The van der Waals surface area contributed by atoms with E-state index in [9.17, 15) is 14.0 Å².